The van der Waals surface area contributed by atoms with E-state index in [-0.39, 0.29) is 17.9 Å². The smallest absolute Gasteiger partial charge is 0.338 e. The molecule has 2 heterocycles. The van der Waals surface area contributed by atoms with Crippen molar-refractivity contribution in [2.75, 3.05) is 18.5 Å². The lowest BCUT2D eigenvalue weighted by molar-refractivity contribution is -0.146. The Morgan fingerprint density at radius 1 is 1.17 bits per heavy atom. The number of aromatic nitrogens is 3. The molecule has 8 nitrogen and oxygen atoms in total. The Hall–Kier alpha value is -3.05. The molecule has 1 N–H and O–H groups in total. The Labute approximate surface area is 258 Å². The number of allylic oxidation sites excluding steroid dienone is 1. The third kappa shape index (κ3) is 6.78. The number of benzene rings is 2. The average molecular weight is 660 g/mol. The summed E-state index contributed by atoms with van der Waals surface area (Å²) in [7, 11) is 0. The van der Waals surface area contributed by atoms with Gasteiger partial charge in [0.1, 0.15) is 18.0 Å². The maximum absolute atomic E-state index is 14.3. The minimum Gasteiger partial charge on any atom is -0.490 e. The third-order valence-electron chi connectivity index (χ3n) is 7.29. The topological polar surface area (TPSA) is 87.5 Å². The van der Waals surface area contributed by atoms with Crippen molar-refractivity contribution in [3.63, 3.8) is 0 Å². The van der Waals surface area contributed by atoms with E-state index in [1.165, 1.54) is 17.8 Å². The van der Waals surface area contributed by atoms with E-state index in [0.29, 0.717) is 62.9 Å². The second kappa shape index (κ2) is 13.9. The van der Waals surface area contributed by atoms with Crippen LogP contribution in [0.5, 0.6) is 11.5 Å². The van der Waals surface area contributed by atoms with Gasteiger partial charge in [0, 0.05) is 11.4 Å². The number of anilines is 1. The molecule has 1 atom stereocenters. The summed E-state index contributed by atoms with van der Waals surface area (Å²) in [5.41, 5.74) is 2.44. The van der Waals surface area contributed by atoms with Gasteiger partial charge in [-0.2, -0.15) is 4.98 Å². The minimum absolute atomic E-state index is 0.105. The van der Waals surface area contributed by atoms with Gasteiger partial charge in [-0.05, 0) is 91.2 Å². The molecule has 1 aliphatic carbocycles. The summed E-state index contributed by atoms with van der Waals surface area (Å²) in [6.45, 7) is 6.80. The molecule has 0 radical (unpaired) electrons. The van der Waals surface area contributed by atoms with E-state index in [2.05, 4.69) is 21.2 Å². The van der Waals surface area contributed by atoms with E-state index in [4.69, 9.17) is 24.3 Å². The number of carbonyl (C=O) groups is 1. The summed E-state index contributed by atoms with van der Waals surface area (Å²) in [4.78, 5) is 18.5. The molecule has 1 unspecified atom stereocenters. The molecule has 0 amide bonds. The van der Waals surface area contributed by atoms with Crippen LogP contribution in [0.1, 0.15) is 76.5 Å². The molecule has 1 aliphatic heterocycles. The van der Waals surface area contributed by atoms with Gasteiger partial charge >= 0.3 is 5.97 Å². The van der Waals surface area contributed by atoms with Gasteiger partial charge in [-0.3, -0.25) is 0 Å². The second-order valence-corrected chi connectivity index (χ2v) is 12.2. The first-order valence-corrected chi connectivity index (χ1v) is 16.3. The largest absolute Gasteiger partial charge is 0.490 e. The highest BCUT2D eigenvalue weighted by molar-refractivity contribution is 9.10. The first-order valence-electron chi connectivity index (χ1n) is 14.5. The van der Waals surface area contributed by atoms with E-state index in [0.717, 1.165) is 44.1 Å². The summed E-state index contributed by atoms with van der Waals surface area (Å²) in [5, 5.41) is 8.53. The van der Waals surface area contributed by atoms with Gasteiger partial charge in [-0.25, -0.2) is 13.9 Å². The lowest BCUT2D eigenvalue weighted by atomic mass is 9.94. The van der Waals surface area contributed by atoms with Gasteiger partial charge in [0.25, 0.3) is 0 Å². The van der Waals surface area contributed by atoms with Crippen molar-refractivity contribution in [1.29, 1.82) is 0 Å². The second-order valence-electron chi connectivity index (χ2n) is 10.4. The summed E-state index contributed by atoms with van der Waals surface area (Å²) in [5.74, 6) is 1.40. The molecule has 2 aromatic carbocycles. The fourth-order valence-corrected chi connectivity index (χ4v) is 6.66. The van der Waals surface area contributed by atoms with Crippen molar-refractivity contribution in [2.45, 2.75) is 82.4 Å². The van der Waals surface area contributed by atoms with Crippen LogP contribution in [-0.4, -0.2) is 40.1 Å². The summed E-state index contributed by atoms with van der Waals surface area (Å²) in [6.07, 6.45) is 5.75. The zero-order valence-corrected chi connectivity index (χ0v) is 26.5. The van der Waals surface area contributed by atoms with Crippen LogP contribution in [0.4, 0.5) is 10.3 Å². The van der Waals surface area contributed by atoms with Crippen LogP contribution in [0.2, 0.25) is 0 Å². The molecule has 224 valence electrons. The van der Waals surface area contributed by atoms with Crippen LogP contribution < -0.4 is 14.8 Å². The van der Waals surface area contributed by atoms with E-state index in [1.54, 1.807) is 22.9 Å². The molecule has 0 bridgehead atoms. The molecule has 11 heteroatoms. The molecular weight excluding hydrogens is 623 g/mol. The zero-order chi connectivity index (χ0) is 29.6. The number of fused-ring (bicyclic) bond motifs is 1. The number of ether oxygens (including phenoxy) is 3. The number of nitrogens with zero attached hydrogens (tertiary/aromatic N) is 3. The maximum Gasteiger partial charge on any atom is 0.338 e. The van der Waals surface area contributed by atoms with Crippen molar-refractivity contribution < 1.29 is 23.4 Å². The lowest BCUT2D eigenvalue weighted by Gasteiger charge is -2.30. The van der Waals surface area contributed by atoms with Crippen molar-refractivity contribution in [3.05, 3.63) is 69.1 Å². The number of carbonyl (C=O) groups excluding carboxylic acids is 1. The van der Waals surface area contributed by atoms with Crippen LogP contribution in [0, 0.1) is 5.82 Å². The van der Waals surface area contributed by atoms with Crippen LogP contribution in [0.25, 0.3) is 0 Å². The molecular formula is C31H36BrFN4O4S. The van der Waals surface area contributed by atoms with Crippen molar-refractivity contribution in [1.82, 2.24) is 14.8 Å². The monoisotopic (exact) mass is 658 g/mol. The quantitative estimate of drug-likeness (QED) is 0.165. The Morgan fingerprint density at radius 3 is 2.69 bits per heavy atom. The van der Waals surface area contributed by atoms with Crippen molar-refractivity contribution >= 4 is 39.6 Å². The van der Waals surface area contributed by atoms with Crippen LogP contribution in [-0.2, 0) is 15.3 Å². The molecule has 5 rings (SSSR count). The number of esters is 1. The zero-order valence-electron chi connectivity index (χ0n) is 24.1. The highest BCUT2D eigenvalue weighted by Gasteiger charge is 2.37. The predicted molar refractivity (Wildman–Crippen MR) is 165 cm³/mol. The summed E-state index contributed by atoms with van der Waals surface area (Å²) in [6, 6.07) is 9.86. The van der Waals surface area contributed by atoms with E-state index in [9.17, 15) is 9.18 Å². The minimum atomic E-state index is -0.636. The van der Waals surface area contributed by atoms with Gasteiger partial charge in [0.05, 0.1) is 23.3 Å². The Balaban J connectivity index is 1.54. The lowest BCUT2D eigenvalue weighted by Crippen LogP contribution is -2.32. The standard InChI is InChI=1S/C31H36BrFN4O4S/c1-4-15-40-28-23(32)16-21(17-25(28)39-5-2)27-26(29(38)41-22-12-7-6-8-13-22)19(3)34-30-35-31(36-37(27)30)42-18-20-11-9-10-14-24(20)33/h9-11,14,16-17,22,27H,4-8,12-13,15,18H2,1-3H3,(H,34,35,36). The summed E-state index contributed by atoms with van der Waals surface area (Å²) >= 11 is 5.01. The Morgan fingerprint density at radius 2 is 1.95 bits per heavy atom. The molecule has 1 saturated carbocycles. The SMILES string of the molecule is CCCOc1c(Br)cc(C2C(C(=O)OC3CCCCC3)=C(C)Nc3nc(SCc4ccccc4F)nn32)cc1OCC. The van der Waals surface area contributed by atoms with Gasteiger partial charge in [-0.15, -0.1) is 5.10 Å². The van der Waals surface area contributed by atoms with Crippen molar-refractivity contribution in [2.24, 2.45) is 0 Å². The first-order chi connectivity index (χ1) is 20.4. The van der Waals surface area contributed by atoms with Crippen LogP contribution in [0.3, 0.4) is 0 Å². The van der Waals surface area contributed by atoms with Gasteiger partial charge in [-0.1, -0.05) is 43.3 Å². The van der Waals surface area contributed by atoms with Gasteiger partial charge < -0.3 is 19.5 Å². The van der Waals surface area contributed by atoms with Crippen LogP contribution >= 0.6 is 27.7 Å². The number of thioether (sulfide) groups is 1. The predicted octanol–water partition coefficient (Wildman–Crippen LogP) is 7.82. The number of rotatable bonds is 11. The Kier molecular flexibility index (Phi) is 10.1. The average Bonchev–Trinajstić information content (AvgIpc) is 3.38. The first kappa shape index (κ1) is 30.4. The normalized spacial score (nSPS) is 17.0. The molecule has 1 aromatic heterocycles. The van der Waals surface area contributed by atoms with E-state index < -0.39 is 6.04 Å². The van der Waals surface area contributed by atoms with Gasteiger partial charge in [0.2, 0.25) is 11.1 Å². The van der Waals surface area contributed by atoms with Gasteiger partial charge in [0.15, 0.2) is 11.5 Å². The van der Waals surface area contributed by atoms with E-state index in [1.807, 2.05) is 32.9 Å². The van der Waals surface area contributed by atoms with Crippen molar-refractivity contribution in [3.8, 4) is 11.5 Å². The third-order valence-corrected chi connectivity index (χ3v) is 8.77. The molecule has 0 spiro atoms. The highest BCUT2D eigenvalue weighted by Crippen LogP contribution is 2.44. The van der Waals surface area contributed by atoms with E-state index >= 15 is 0 Å². The summed E-state index contributed by atoms with van der Waals surface area (Å²) < 4.78 is 34.8. The number of hydrogen-bond donors (Lipinski definition) is 1. The molecule has 1 fully saturated rings. The highest BCUT2D eigenvalue weighted by atomic mass is 79.9. The molecule has 3 aromatic rings. The van der Waals surface area contributed by atoms with Crippen LogP contribution in [0.15, 0.2) is 57.3 Å². The molecule has 0 saturated heterocycles. The fraction of sp³-hybridized carbons (Fsp3) is 0.452. The molecule has 42 heavy (non-hydrogen) atoms. The molecule has 2 aliphatic rings. The maximum atomic E-state index is 14.3. The number of hydrogen-bond acceptors (Lipinski definition) is 8. The number of nitrogens with one attached hydrogen (secondary N) is 1. The fourth-order valence-electron chi connectivity index (χ4n) is 5.27. The number of halogens is 2. The Bertz CT molecular complexity index is 1460.